The lowest BCUT2D eigenvalue weighted by atomic mass is 9.95. The molecule has 5 rings (SSSR count). The van der Waals surface area contributed by atoms with E-state index in [2.05, 4.69) is 15.3 Å². The number of nitrogens with zero attached hydrogens (tertiary/aromatic N) is 3. The van der Waals surface area contributed by atoms with Crippen molar-refractivity contribution in [3.63, 3.8) is 0 Å². The number of ketones is 1. The van der Waals surface area contributed by atoms with Gasteiger partial charge in [-0.3, -0.25) is 4.79 Å². The normalized spacial score (nSPS) is 24.1. The van der Waals surface area contributed by atoms with Crippen molar-refractivity contribution in [2.75, 3.05) is 18.0 Å². The van der Waals surface area contributed by atoms with Gasteiger partial charge in [-0.2, -0.15) is 5.10 Å². The van der Waals surface area contributed by atoms with Gasteiger partial charge in [0.1, 0.15) is 11.6 Å². The summed E-state index contributed by atoms with van der Waals surface area (Å²) >= 11 is 0. The summed E-state index contributed by atoms with van der Waals surface area (Å²) in [5.74, 6) is -0.967. The number of carbonyl (C=O) groups is 1. The third kappa shape index (κ3) is 3.70. The number of halogens is 2. The number of carbonyl (C=O) groups excluding carboxylic acids is 1. The van der Waals surface area contributed by atoms with Gasteiger partial charge in [0.2, 0.25) is 0 Å². The average molecular weight is 426 g/mol. The van der Waals surface area contributed by atoms with Crippen LogP contribution in [0, 0.1) is 11.6 Å². The number of aromatic nitrogens is 2. The van der Waals surface area contributed by atoms with Gasteiger partial charge in [0.25, 0.3) is 0 Å². The van der Waals surface area contributed by atoms with Crippen LogP contribution in [0.5, 0.6) is 0 Å². The maximum absolute atomic E-state index is 14.4. The standard InChI is InChI=1S/C23H24F2N4O2/c24-14-3-4-19(25)17(10-14)21-2-1-8-28(21)15-6-9-29-22(11-15)18(13-27-29)23(31)20-12-16(30)5-7-26-20/h3-4,6,9-11,13,16,20-21,26,30H,1-2,5,7-8,12H2. The van der Waals surface area contributed by atoms with Crippen molar-refractivity contribution >= 4 is 17.0 Å². The highest BCUT2D eigenvalue weighted by molar-refractivity contribution is 6.05. The van der Waals surface area contributed by atoms with Crippen molar-refractivity contribution in [2.45, 2.75) is 43.9 Å². The van der Waals surface area contributed by atoms with Gasteiger partial charge in [0.05, 0.1) is 35.5 Å². The molecule has 2 fully saturated rings. The number of hydrogen-bond acceptors (Lipinski definition) is 5. The molecule has 4 heterocycles. The second-order valence-electron chi connectivity index (χ2n) is 8.34. The monoisotopic (exact) mass is 426 g/mol. The summed E-state index contributed by atoms with van der Waals surface area (Å²) in [6, 6.07) is 6.62. The van der Waals surface area contributed by atoms with Crippen LogP contribution >= 0.6 is 0 Å². The Morgan fingerprint density at radius 1 is 1.19 bits per heavy atom. The maximum atomic E-state index is 14.4. The minimum absolute atomic E-state index is 0.0972. The highest BCUT2D eigenvalue weighted by atomic mass is 19.1. The Hall–Kier alpha value is -2.84. The molecule has 8 heteroatoms. The van der Waals surface area contributed by atoms with E-state index < -0.39 is 23.8 Å². The maximum Gasteiger partial charge on any atom is 0.183 e. The average Bonchev–Trinajstić information content (AvgIpc) is 3.41. The summed E-state index contributed by atoms with van der Waals surface area (Å²) in [6.07, 6.45) is 5.44. The van der Waals surface area contributed by atoms with Crippen LogP contribution in [0.15, 0.2) is 42.7 Å². The molecule has 2 N–H and O–H groups in total. The molecule has 0 bridgehead atoms. The molecule has 1 aromatic carbocycles. The lowest BCUT2D eigenvalue weighted by Gasteiger charge is -2.28. The first-order valence-corrected chi connectivity index (χ1v) is 10.7. The molecule has 3 unspecified atom stereocenters. The minimum atomic E-state index is -0.487. The third-order valence-corrected chi connectivity index (χ3v) is 6.36. The van der Waals surface area contributed by atoms with E-state index in [9.17, 15) is 18.7 Å². The number of nitrogens with one attached hydrogen (secondary N) is 1. The van der Waals surface area contributed by atoms with Gasteiger partial charge in [-0.25, -0.2) is 13.3 Å². The van der Waals surface area contributed by atoms with E-state index in [4.69, 9.17) is 0 Å². The molecule has 6 nitrogen and oxygen atoms in total. The number of rotatable bonds is 4. The minimum Gasteiger partial charge on any atom is -0.393 e. The predicted molar refractivity (Wildman–Crippen MR) is 112 cm³/mol. The number of anilines is 1. The molecule has 0 amide bonds. The van der Waals surface area contributed by atoms with Crippen molar-refractivity contribution in [3.05, 3.63) is 65.5 Å². The molecular weight excluding hydrogens is 402 g/mol. The van der Waals surface area contributed by atoms with Crippen molar-refractivity contribution in [1.82, 2.24) is 14.9 Å². The lowest BCUT2D eigenvalue weighted by Crippen LogP contribution is -2.45. The number of piperidine rings is 1. The molecule has 2 aromatic heterocycles. The predicted octanol–water partition coefficient (Wildman–Crippen LogP) is 3.25. The van der Waals surface area contributed by atoms with Crippen molar-refractivity contribution in [3.8, 4) is 0 Å². The quantitative estimate of drug-likeness (QED) is 0.627. The van der Waals surface area contributed by atoms with Crippen LogP contribution in [0.4, 0.5) is 14.5 Å². The molecule has 162 valence electrons. The molecule has 0 saturated carbocycles. The molecule has 3 atom stereocenters. The summed E-state index contributed by atoms with van der Waals surface area (Å²) in [4.78, 5) is 15.1. The number of hydrogen-bond donors (Lipinski definition) is 2. The van der Waals surface area contributed by atoms with Gasteiger partial charge < -0.3 is 15.3 Å². The van der Waals surface area contributed by atoms with Crippen LogP contribution in [-0.4, -0.2) is 45.7 Å². The van der Waals surface area contributed by atoms with Gasteiger partial charge >= 0.3 is 0 Å². The Balaban J connectivity index is 1.49. The summed E-state index contributed by atoms with van der Waals surface area (Å²) in [7, 11) is 0. The van der Waals surface area contributed by atoms with Crippen LogP contribution in [0.25, 0.3) is 5.52 Å². The van der Waals surface area contributed by atoms with Crippen LogP contribution in [0.2, 0.25) is 0 Å². The zero-order valence-corrected chi connectivity index (χ0v) is 17.0. The topological polar surface area (TPSA) is 69.9 Å². The molecule has 2 aliphatic rings. The zero-order chi connectivity index (χ0) is 21.5. The largest absolute Gasteiger partial charge is 0.393 e. The van der Waals surface area contributed by atoms with E-state index in [0.717, 1.165) is 24.6 Å². The smallest absolute Gasteiger partial charge is 0.183 e. The molecule has 0 radical (unpaired) electrons. The van der Waals surface area contributed by atoms with Gasteiger partial charge in [-0.05, 0) is 62.6 Å². The fourth-order valence-electron chi connectivity index (χ4n) is 4.79. The summed E-state index contributed by atoms with van der Waals surface area (Å²) < 4.78 is 29.9. The first-order valence-electron chi connectivity index (χ1n) is 10.7. The zero-order valence-electron chi connectivity index (χ0n) is 17.0. The second kappa shape index (κ2) is 8.01. The second-order valence-corrected chi connectivity index (χ2v) is 8.34. The number of fused-ring (bicyclic) bond motifs is 1. The fourth-order valence-corrected chi connectivity index (χ4v) is 4.79. The van der Waals surface area contributed by atoms with E-state index in [1.165, 1.54) is 12.1 Å². The van der Waals surface area contributed by atoms with E-state index in [1.807, 2.05) is 12.1 Å². The Morgan fingerprint density at radius 2 is 2.06 bits per heavy atom. The summed E-state index contributed by atoms with van der Waals surface area (Å²) in [5, 5.41) is 17.4. The van der Waals surface area contributed by atoms with Crippen molar-refractivity contribution in [2.24, 2.45) is 0 Å². The van der Waals surface area contributed by atoms with Gasteiger partial charge in [0.15, 0.2) is 5.78 Å². The Kier molecular flexibility index (Phi) is 5.19. The SMILES string of the molecule is O=C(c1cnn2ccc(N3CCCC3c3cc(F)ccc3F)cc12)C1CC(O)CCN1. The highest BCUT2D eigenvalue weighted by Gasteiger charge is 2.31. The Morgan fingerprint density at radius 3 is 2.90 bits per heavy atom. The highest BCUT2D eigenvalue weighted by Crippen LogP contribution is 2.38. The Bertz CT molecular complexity index is 1130. The summed E-state index contributed by atoms with van der Waals surface area (Å²) in [6.45, 7) is 1.31. The first kappa shape index (κ1) is 20.1. The molecule has 3 aromatic rings. The number of benzene rings is 1. The Labute approximate surface area is 178 Å². The molecule has 0 spiro atoms. The van der Waals surface area contributed by atoms with Gasteiger partial charge in [-0.15, -0.1) is 0 Å². The van der Waals surface area contributed by atoms with E-state index in [0.29, 0.717) is 42.6 Å². The van der Waals surface area contributed by atoms with Gasteiger partial charge in [0, 0.05) is 24.0 Å². The number of aliphatic hydroxyl groups excluding tert-OH is 1. The van der Waals surface area contributed by atoms with E-state index in [-0.39, 0.29) is 11.8 Å². The first-order chi connectivity index (χ1) is 15.0. The molecule has 2 saturated heterocycles. The summed E-state index contributed by atoms with van der Waals surface area (Å²) in [5.41, 5.74) is 2.34. The van der Waals surface area contributed by atoms with E-state index >= 15 is 0 Å². The van der Waals surface area contributed by atoms with Gasteiger partial charge in [-0.1, -0.05) is 0 Å². The van der Waals surface area contributed by atoms with Crippen molar-refractivity contribution < 1.29 is 18.7 Å². The number of aliphatic hydroxyl groups is 1. The lowest BCUT2D eigenvalue weighted by molar-refractivity contribution is 0.0795. The molecule has 2 aliphatic heterocycles. The molecule has 31 heavy (non-hydrogen) atoms. The van der Waals surface area contributed by atoms with Crippen LogP contribution in [0.3, 0.4) is 0 Å². The van der Waals surface area contributed by atoms with Crippen LogP contribution < -0.4 is 10.2 Å². The molecular formula is C23H24F2N4O2. The van der Waals surface area contributed by atoms with Crippen LogP contribution in [0.1, 0.15) is 47.6 Å². The third-order valence-electron chi connectivity index (χ3n) is 6.36. The molecule has 0 aliphatic carbocycles. The number of Topliss-reactive ketones (excluding diaryl/α,β-unsaturated/α-hetero) is 1. The van der Waals surface area contributed by atoms with Crippen molar-refractivity contribution in [1.29, 1.82) is 0 Å². The van der Waals surface area contributed by atoms with E-state index in [1.54, 1.807) is 16.9 Å². The van der Waals surface area contributed by atoms with Crippen LogP contribution in [-0.2, 0) is 0 Å². The fraction of sp³-hybridized carbons (Fsp3) is 0.391. The number of pyridine rings is 1.